The Bertz CT molecular complexity index is 810. The maximum absolute atomic E-state index is 14.6. The van der Waals surface area contributed by atoms with Crippen molar-refractivity contribution in [3.63, 3.8) is 0 Å². The molecule has 2 N–H and O–H groups in total. The first kappa shape index (κ1) is 21.3. The first-order chi connectivity index (χ1) is 13.6. The Hall–Kier alpha value is -2.44. The molecular formula is C22H29FN2O4. The molecule has 0 saturated carbocycles. The molecule has 2 fully saturated rings. The number of halogens is 1. The van der Waals surface area contributed by atoms with Crippen LogP contribution in [0.3, 0.4) is 0 Å². The van der Waals surface area contributed by atoms with Gasteiger partial charge in [-0.3, -0.25) is 14.4 Å². The minimum atomic E-state index is -0.944. The van der Waals surface area contributed by atoms with Crippen LogP contribution in [0.25, 0.3) is 0 Å². The number of rotatable bonds is 5. The number of carboxylic acids is 1. The molecule has 2 saturated heterocycles. The summed E-state index contributed by atoms with van der Waals surface area (Å²) in [6.45, 7) is 4.14. The number of carbonyl (C=O) groups excluding carboxylic acids is 2. The van der Waals surface area contributed by atoms with Crippen LogP contribution in [0.2, 0.25) is 0 Å². The van der Waals surface area contributed by atoms with Crippen LogP contribution in [0, 0.1) is 11.2 Å². The van der Waals surface area contributed by atoms with Gasteiger partial charge in [0.05, 0.1) is 12.0 Å². The zero-order chi connectivity index (χ0) is 21.2. The SMILES string of the molecule is CC(C)(CC(=O)O)CC(=O)N1C[C@@H](c2ccccc2F)[C@@]2(CCCCC(=O)N2)C1. The maximum atomic E-state index is 14.6. The summed E-state index contributed by atoms with van der Waals surface area (Å²) in [5, 5.41) is 12.2. The molecule has 1 aromatic rings. The van der Waals surface area contributed by atoms with E-state index in [1.54, 1.807) is 36.9 Å². The number of hydrogen-bond acceptors (Lipinski definition) is 3. The average molecular weight is 404 g/mol. The van der Waals surface area contributed by atoms with Gasteiger partial charge in [0, 0.05) is 31.8 Å². The van der Waals surface area contributed by atoms with Crippen LogP contribution < -0.4 is 5.32 Å². The molecule has 2 aliphatic rings. The second-order valence-electron chi connectivity index (χ2n) is 9.17. The molecule has 0 aliphatic carbocycles. The van der Waals surface area contributed by atoms with E-state index in [1.165, 1.54) is 6.07 Å². The molecule has 0 bridgehead atoms. The third kappa shape index (κ3) is 4.77. The van der Waals surface area contributed by atoms with Crippen molar-refractivity contribution in [1.29, 1.82) is 0 Å². The van der Waals surface area contributed by atoms with Gasteiger partial charge in [0.25, 0.3) is 0 Å². The zero-order valence-electron chi connectivity index (χ0n) is 17.0. The van der Waals surface area contributed by atoms with Crippen molar-refractivity contribution in [2.45, 2.75) is 63.8 Å². The third-order valence-corrected chi connectivity index (χ3v) is 6.10. The minimum absolute atomic E-state index is 0.0654. The highest BCUT2D eigenvalue weighted by atomic mass is 19.1. The van der Waals surface area contributed by atoms with Crippen LogP contribution in [-0.2, 0) is 14.4 Å². The van der Waals surface area contributed by atoms with Crippen molar-refractivity contribution in [2.24, 2.45) is 5.41 Å². The fourth-order valence-electron chi connectivity index (χ4n) is 4.76. The Balaban J connectivity index is 1.89. The van der Waals surface area contributed by atoms with E-state index in [0.29, 0.717) is 31.5 Å². The largest absolute Gasteiger partial charge is 0.481 e. The number of nitrogens with zero attached hydrogens (tertiary/aromatic N) is 1. The average Bonchev–Trinajstić information content (AvgIpc) is 2.85. The molecule has 0 unspecified atom stereocenters. The van der Waals surface area contributed by atoms with Gasteiger partial charge in [-0.2, -0.15) is 0 Å². The summed E-state index contributed by atoms with van der Waals surface area (Å²) in [5.41, 5.74) is -0.865. The molecule has 2 heterocycles. The maximum Gasteiger partial charge on any atom is 0.303 e. The van der Waals surface area contributed by atoms with E-state index < -0.39 is 16.9 Å². The van der Waals surface area contributed by atoms with Crippen LogP contribution in [0.5, 0.6) is 0 Å². The highest BCUT2D eigenvalue weighted by molar-refractivity contribution is 5.80. The molecular weight excluding hydrogens is 375 g/mol. The lowest BCUT2D eigenvalue weighted by Gasteiger charge is -2.35. The van der Waals surface area contributed by atoms with Crippen molar-refractivity contribution in [3.05, 3.63) is 35.6 Å². The summed E-state index contributed by atoms with van der Waals surface area (Å²) >= 11 is 0. The first-order valence-electron chi connectivity index (χ1n) is 10.2. The van der Waals surface area contributed by atoms with Crippen molar-refractivity contribution < 1.29 is 23.9 Å². The number of nitrogens with one attached hydrogen (secondary N) is 1. The van der Waals surface area contributed by atoms with Crippen LogP contribution >= 0.6 is 0 Å². The van der Waals surface area contributed by atoms with Crippen molar-refractivity contribution >= 4 is 17.8 Å². The Kier molecular flexibility index (Phi) is 5.96. The lowest BCUT2D eigenvalue weighted by Crippen LogP contribution is -2.53. The predicted octanol–water partition coefficient (Wildman–Crippen LogP) is 3.07. The Labute approximate surface area is 170 Å². The molecule has 0 aromatic heterocycles. The molecule has 1 spiro atoms. The topological polar surface area (TPSA) is 86.7 Å². The smallest absolute Gasteiger partial charge is 0.303 e. The van der Waals surface area contributed by atoms with Gasteiger partial charge in [-0.1, -0.05) is 38.5 Å². The number of aliphatic carboxylic acids is 1. The zero-order valence-corrected chi connectivity index (χ0v) is 17.0. The monoisotopic (exact) mass is 404 g/mol. The second-order valence-corrected chi connectivity index (χ2v) is 9.17. The number of amides is 2. The summed E-state index contributed by atoms with van der Waals surface area (Å²) in [6.07, 6.45) is 2.71. The van der Waals surface area contributed by atoms with E-state index in [2.05, 4.69) is 5.32 Å². The van der Waals surface area contributed by atoms with Gasteiger partial charge in [-0.25, -0.2) is 4.39 Å². The number of benzene rings is 1. The van der Waals surface area contributed by atoms with Crippen molar-refractivity contribution in [3.8, 4) is 0 Å². The predicted molar refractivity (Wildman–Crippen MR) is 106 cm³/mol. The number of carboxylic acid groups (broad SMARTS) is 1. The van der Waals surface area contributed by atoms with E-state index in [-0.39, 0.29) is 36.4 Å². The van der Waals surface area contributed by atoms with Gasteiger partial charge in [0.2, 0.25) is 11.8 Å². The molecule has 3 rings (SSSR count). The fraction of sp³-hybridized carbons (Fsp3) is 0.591. The highest BCUT2D eigenvalue weighted by Crippen LogP contribution is 2.42. The van der Waals surface area contributed by atoms with Crippen LogP contribution in [0.4, 0.5) is 4.39 Å². The molecule has 2 aliphatic heterocycles. The van der Waals surface area contributed by atoms with Gasteiger partial charge < -0.3 is 15.3 Å². The molecule has 158 valence electrons. The van der Waals surface area contributed by atoms with Crippen LogP contribution in [0.15, 0.2) is 24.3 Å². The standard InChI is InChI=1S/C22H29FN2O4/c1-21(2,12-20(28)29)11-19(27)25-13-16(15-7-3-4-8-17(15)23)22(14-25)10-6-5-9-18(26)24-22/h3-4,7-8,16H,5-6,9-14H2,1-2H3,(H,24,26)(H,28,29)/t16-,22+/m0/s1. The Morgan fingerprint density at radius 2 is 2.00 bits per heavy atom. The Morgan fingerprint density at radius 1 is 1.28 bits per heavy atom. The highest BCUT2D eigenvalue weighted by Gasteiger charge is 2.50. The van der Waals surface area contributed by atoms with E-state index in [9.17, 15) is 18.8 Å². The van der Waals surface area contributed by atoms with Crippen molar-refractivity contribution in [1.82, 2.24) is 10.2 Å². The molecule has 6 nitrogen and oxygen atoms in total. The van der Waals surface area contributed by atoms with Gasteiger partial charge >= 0.3 is 5.97 Å². The molecule has 2 atom stereocenters. The molecule has 2 amide bonds. The number of carbonyl (C=O) groups is 3. The summed E-state index contributed by atoms with van der Waals surface area (Å²) < 4.78 is 14.6. The Morgan fingerprint density at radius 3 is 2.69 bits per heavy atom. The van der Waals surface area contributed by atoms with Gasteiger partial charge in [0.15, 0.2) is 0 Å². The van der Waals surface area contributed by atoms with Crippen molar-refractivity contribution in [2.75, 3.05) is 13.1 Å². The molecule has 1 aromatic carbocycles. The van der Waals surface area contributed by atoms with E-state index in [4.69, 9.17) is 5.11 Å². The van der Waals surface area contributed by atoms with E-state index in [1.807, 2.05) is 0 Å². The second kappa shape index (κ2) is 8.13. The number of likely N-dealkylation sites (tertiary alicyclic amines) is 1. The molecule has 29 heavy (non-hydrogen) atoms. The summed E-state index contributed by atoms with van der Waals surface area (Å²) in [6, 6.07) is 6.53. The van der Waals surface area contributed by atoms with E-state index in [0.717, 1.165) is 12.8 Å². The minimum Gasteiger partial charge on any atom is -0.481 e. The fourth-order valence-corrected chi connectivity index (χ4v) is 4.76. The molecule has 0 radical (unpaired) electrons. The summed E-state index contributed by atoms with van der Waals surface area (Å²) in [4.78, 5) is 38.2. The quantitative estimate of drug-likeness (QED) is 0.790. The molecule has 7 heteroatoms. The lowest BCUT2D eigenvalue weighted by molar-refractivity contribution is -0.140. The van der Waals surface area contributed by atoms with Gasteiger partial charge in [0.1, 0.15) is 5.82 Å². The van der Waals surface area contributed by atoms with Gasteiger partial charge in [-0.15, -0.1) is 0 Å². The third-order valence-electron chi connectivity index (χ3n) is 6.10. The van der Waals surface area contributed by atoms with Crippen LogP contribution in [-0.4, -0.2) is 46.4 Å². The van der Waals surface area contributed by atoms with Gasteiger partial charge in [-0.05, 0) is 29.9 Å². The van der Waals surface area contributed by atoms with Crippen LogP contribution in [0.1, 0.15) is 63.9 Å². The lowest BCUT2D eigenvalue weighted by atomic mass is 9.78. The van der Waals surface area contributed by atoms with E-state index >= 15 is 0 Å². The summed E-state index contributed by atoms with van der Waals surface area (Å²) in [5.74, 6) is -1.84. The number of hydrogen-bond donors (Lipinski definition) is 2. The normalized spacial score (nSPS) is 25.0. The first-order valence-corrected chi connectivity index (χ1v) is 10.2. The summed E-state index contributed by atoms with van der Waals surface area (Å²) in [7, 11) is 0.